The van der Waals surface area contributed by atoms with Crippen LogP contribution in [0.4, 0.5) is 0 Å². The van der Waals surface area contributed by atoms with Crippen molar-refractivity contribution in [1.82, 2.24) is 19.6 Å². The van der Waals surface area contributed by atoms with E-state index < -0.39 is 35.7 Å². The molecule has 0 spiro atoms. The Morgan fingerprint density at radius 2 is 0.824 bits per heavy atom. The first-order valence-electron chi connectivity index (χ1n) is 18.0. The second-order valence-electron chi connectivity index (χ2n) is 12.9. The van der Waals surface area contributed by atoms with E-state index in [2.05, 4.69) is 0 Å². The zero-order valence-electron chi connectivity index (χ0n) is 29.6. The molecule has 0 bridgehead atoms. The summed E-state index contributed by atoms with van der Waals surface area (Å²) in [5, 5.41) is 0. The van der Waals surface area contributed by atoms with Gasteiger partial charge in [-0.2, -0.15) is 0 Å². The Labute approximate surface area is 298 Å². The standard InChI is InChI=1S/C38H48N4O9/c1-3-5-15-31(41-33(43)27-11-7-8-12-28(27)34(41)44)37(47)39-17-21-49-22-18-40(20-24-51-26-25-50-23-19-39)38(48)32(16-6-4-2)42-35(45)29-13-9-10-14-30(29)36(42)46/h7-14,31-32H,3-6,15-26H2,1-2H3/t31-,32-/m0/s1. The minimum atomic E-state index is -0.974. The zero-order valence-corrected chi connectivity index (χ0v) is 29.6. The molecule has 3 aliphatic heterocycles. The van der Waals surface area contributed by atoms with Gasteiger partial charge in [-0.25, -0.2) is 0 Å². The number of carbonyl (C=O) groups is 6. The number of hydrogen-bond acceptors (Lipinski definition) is 9. The monoisotopic (exact) mass is 704 g/mol. The van der Waals surface area contributed by atoms with Crippen LogP contribution < -0.4 is 0 Å². The van der Waals surface area contributed by atoms with Crippen molar-refractivity contribution >= 4 is 35.4 Å². The van der Waals surface area contributed by atoms with Gasteiger partial charge >= 0.3 is 0 Å². The van der Waals surface area contributed by atoms with E-state index in [4.69, 9.17) is 14.2 Å². The van der Waals surface area contributed by atoms with E-state index in [1.165, 1.54) is 0 Å². The molecule has 0 aromatic heterocycles. The minimum absolute atomic E-state index is 0.130. The molecule has 3 aliphatic rings. The number of fused-ring (bicyclic) bond motifs is 2. The molecule has 0 unspecified atom stereocenters. The van der Waals surface area contributed by atoms with E-state index >= 15 is 0 Å². The molecule has 0 aliphatic carbocycles. The van der Waals surface area contributed by atoms with Gasteiger partial charge in [-0.3, -0.25) is 38.6 Å². The summed E-state index contributed by atoms with van der Waals surface area (Å²) < 4.78 is 17.5. The predicted molar refractivity (Wildman–Crippen MR) is 186 cm³/mol. The maximum atomic E-state index is 14.1. The van der Waals surface area contributed by atoms with E-state index in [1.807, 2.05) is 13.8 Å². The summed E-state index contributed by atoms with van der Waals surface area (Å²) >= 11 is 0. The molecule has 13 heteroatoms. The highest BCUT2D eigenvalue weighted by Crippen LogP contribution is 2.29. The molecule has 1 saturated heterocycles. The van der Waals surface area contributed by atoms with Crippen molar-refractivity contribution in [3.05, 3.63) is 70.8 Å². The van der Waals surface area contributed by atoms with Crippen LogP contribution >= 0.6 is 0 Å². The second kappa shape index (κ2) is 18.2. The van der Waals surface area contributed by atoms with Crippen LogP contribution in [0.1, 0.15) is 93.8 Å². The first kappa shape index (κ1) is 37.8. The Bertz CT molecular complexity index is 1410. The van der Waals surface area contributed by atoms with Crippen LogP contribution in [0.15, 0.2) is 48.5 Å². The molecule has 2 atom stereocenters. The van der Waals surface area contributed by atoms with E-state index in [-0.39, 0.29) is 77.6 Å². The second-order valence-corrected chi connectivity index (χ2v) is 12.9. The number of benzene rings is 2. The highest BCUT2D eigenvalue weighted by atomic mass is 16.5. The number of hydrogen-bond donors (Lipinski definition) is 0. The number of carbonyl (C=O) groups excluding carboxylic acids is 6. The molecule has 2 aromatic rings. The average molecular weight is 705 g/mol. The third-order valence-corrected chi connectivity index (χ3v) is 9.52. The van der Waals surface area contributed by atoms with Crippen molar-refractivity contribution in [3.8, 4) is 0 Å². The summed E-state index contributed by atoms with van der Waals surface area (Å²) in [7, 11) is 0. The normalized spacial score (nSPS) is 19.0. The van der Waals surface area contributed by atoms with E-state index in [9.17, 15) is 28.8 Å². The van der Waals surface area contributed by atoms with Crippen LogP contribution in [0.25, 0.3) is 0 Å². The van der Waals surface area contributed by atoms with Gasteiger partial charge in [0.1, 0.15) is 12.1 Å². The Balaban J connectivity index is 1.28. The van der Waals surface area contributed by atoms with Crippen LogP contribution in [0, 0.1) is 0 Å². The highest BCUT2D eigenvalue weighted by molar-refractivity contribution is 6.23. The Kier molecular flexibility index (Phi) is 13.5. The van der Waals surface area contributed by atoms with E-state index in [0.717, 1.165) is 22.6 Å². The number of ether oxygens (including phenoxy) is 3. The fourth-order valence-corrected chi connectivity index (χ4v) is 6.71. The molecule has 0 saturated carbocycles. The maximum absolute atomic E-state index is 14.1. The van der Waals surface area contributed by atoms with Gasteiger partial charge in [-0.05, 0) is 37.1 Å². The summed E-state index contributed by atoms with van der Waals surface area (Å²) in [5.41, 5.74) is 1.17. The van der Waals surface area contributed by atoms with Gasteiger partial charge in [0, 0.05) is 26.2 Å². The summed E-state index contributed by atoms with van der Waals surface area (Å²) in [5.74, 6) is -2.62. The lowest BCUT2D eigenvalue weighted by molar-refractivity contribution is -0.137. The largest absolute Gasteiger partial charge is 0.378 e. The van der Waals surface area contributed by atoms with Crippen LogP contribution in [-0.2, 0) is 23.8 Å². The van der Waals surface area contributed by atoms with Gasteiger partial charge in [0.15, 0.2) is 0 Å². The third kappa shape index (κ3) is 8.54. The fourth-order valence-electron chi connectivity index (χ4n) is 6.71. The Morgan fingerprint density at radius 3 is 1.12 bits per heavy atom. The minimum Gasteiger partial charge on any atom is -0.378 e. The van der Waals surface area contributed by atoms with Crippen molar-refractivity contribution in [1.29, 1.82) is 0 Å². The lowest BCUT2D eigenvalue weighted by Gasteiger charge is -2.32. The van der Waals surface area contributed by atoms with Crippen molar-refractivity contribution in [2.75, 3.05) is 65.8 Å². The highest BCUT2D eigenvalue weighted by Gasteiger charge is 2.45. The maximum Gasteiger partial charge on any atom is 0.262 e. The Morgan fingerprint density at radius 1 is 0.529 bits per heavy atom. The van der Waals surface area contributed by atoms with Crippen molar-refractivity contribution < 1.29 is 43.0 Å². The van der Waals surface area contributed by atoms with E-state index in [0.29, 0.717) is 47.9 Å². The number of unbranched alkanes of at least 4 members (excludes halogenated alkanes) is 2. The smallest absolute Gasteiger partial charge is 0.262 e. The number of imide groups is 2. The quantitative estimate of drug-likeness (QED) is 0.340. The number of nitrogens with zero attached hydrogens (tertiary/aromatic N) is 4. The van der Waals surface area contributed by atoms with Crippen molar-refractivity contribution in [2.45, 2.75) is 64.5 Å². The molecule has 13 nitrogen and oxygen atoms in total. The van der Waals surface area contributed by atoms with Gasteiger partial charge in [-0.1, -0.05) is 63.8 Å². The summed E-state index contributed by atoms with van der Waals surface area (Å²) in [4.78, 5) is 87.1. The molecule has 6 amide bonds. The Hall–Kier alpha value is -4.46. The first-order valence-corrected chi connectivity index (χ1v) is 18.0. The van der Waals surface area contributed by atoms with Gasteiger partial charge in [0.2, 0.25) is 11.8 Å². The molecule has 274 valence electrons. The van der Waals surface area contributed by atoms with Crippen LogP contribution in [0.2, 0.25) is 0 Å². The first-order chi connectivity index (χ1) is 24.8. The average Bonchev–Trinajstić information content (AvgIpc) is 3.54. The molecule has 2 aromatic carbocycles. The van der Waals surface area contributed by atoms with Crippen molar-refractivity contribution in [3.63, 3.8) is 0 Å². The number of rotatable bonds is 10. The topological polar surface area (TPSA) is 143 Å². The van der Waals surface area contributed by atoms with E-state index in [1.54, 1.807) is 58.3 Å². The zero-order chi connectivity index (χ0) is 36.3. The predicted octanol–water partition coefficient (Wildman–Crippen LogP) is 3.42. The van der Waals surface area contributed by atoms with Crippen LogP contribution in [0.5, 0.6) is 0 Å². The van der Waals surface area contributed by atoms with Gasteiger partial charge in [0.05, 0.1) is 61.9 Å². The number of amides is 6. The summed E-state index contributed by atoms with van der Waals surface area (Å²) in [6.45, 7) is 5.93. The van der Waals surface area contributed by atoms with Crippen LogP contribution in [0.3, 0.4) is 0 Å². The van der Waals surface area contributed by atoms with Crippen LogP contribution in [-0.4, -0.2) is 133 Å². The third-order valence-electron chi connectivity index (χ3n) is 9.52. The van der Waals surface area contributed by atoms with Crippen molar-refractivity contribution in [2.24, 2.45) is 0 Å². The SMILES string of the molecule is CCCC[C@@H](C(=O)N1CCOCCOCCN(C(=O)[C@H](CCCC)N2C(=O)c3ccccc3C2=O)CCOCC1)N1C(=O)c2ccccc2C1=O. The molecule has 3 heterocycles. The molecular formula is C38H48N4O9. The molecule has 1 fully saturated rings. The summed E-state index contributed by atoms with van der Waals surface area (Å²) in [6.07, 6.45) is 3.51. The lowest BCUT2D eigenvalue weighted by Crippen LogP contribution is -2.52. The molecular weight excluding hydrogens is 656 g/mol. The lowest BCUT2D eigenvalue weighted by atomic mass is 10.1. The molecule has 0 radical (unpaired) electrons. The molecule has 5 rings (SSSR count). The molecule has 51 heavy (non-hydrogen) atoms. The molecule has 0 N–H and O–H groups in total. The van der Waals surface area contributed by atoms with Gasteiger partial charge in [-0.15, -0.1) is 0 Å². The fraction of sp³-hybridized carbons (Fsp3) is 0.526. The summed E-state index contributed by atoms with van der Waals surface area (Å²) in [6, 6.07) is 11.2. The van der Waals surface area contributed by atoms with Gasteiger partial charge < -0.3 is 24.0 Å². The van der Waals surface area contributed by atoms with Gasteiger partial charge in [0.25, 0.3) is 23.6 Å².